The second kappa shape index (κ2) is 11.8. The van der Waals surface area contributed by atoms with Crippen LogP contribution < -0.4 is 10.5 Å². The molecule has 0 amide bonds. The van der Waals surface area contributed by atoms with E-state index in [-0.39, 0.29) is 5.41 Å². The number of nitrogens with two attached hydrogens (primary N) is 1. The highest BCUT2D eigenvalue weighted by atomic mass is 16.5. The van der Waals surface area contributed by atoms with Crippen LogP contribution in [0.5, 0.6) is 5.75 Å². The van der Waals surface area contributed by atoms with Gasteiger partial charge in [-0.15, -0.1) is 0 Å². The van der Waals surface area contributed by atoms with Crippen molar-refractivity contribution in [3.63, 3.8) is 0 Å². The summed E-state index contributed by atoms with van der Waals surface area (Å²) in [7, 11) is 0. The average molecular weight is 389 g/mol. The van der Waals surface area contributed by atoms with Crippen molar-refractivity contribution in [1.82, 2.24) is 4.90 Å². The van der Waals surface area contributed by atoms with Gasteiger partial charge < -0.3 is 15.4 Å². The summed E-state index contributed by atoms with van der Waals surface area (Å²) >= 11 is 0. The van der Waals surface area contributed by atoms with E-state index < -0.39 is 0 Å². The standard InChI is InChI=1S/C25H44N2O/c1-21-13-14-24(23(20-21)25(2,3)4)28-19-10-8-6-5-7-9-16-27-17-11-12-22(26)15-18-27/h13-14,20,22H,5-12,15-19,26H2,1-4H3. The Balaban J connectivity index is 1.53. The third-order valence-corrected chi connectivity index (χ3v) is 5.93. The number of ether oxygens (including phenoxy) is 1. The molecule has 1 aromatic carbocycles. The minimum atomic E-state index is 0.125. The molecule has 1 aliphatic heterocycles. The summed E-state index contributed by atoms with van der Waals surface area (Å²) in [5.41, 5.74) is 8.82. The molecule has 160 valence electrons. The van der Waals surface area contributed by atoms with Crippen molar-refractivity contribution in [2.45, 2.75) is 96.9 Å². The normalized spacial score (nSPS) is 18.8. The second-order valence-electron chi connectivity index (χ2n) is 9.75. The van der Waals surface area contributed by atoms with E-state index in [1.807, 2.05) is 0 Å². The van der Waals surface area contributed by atoms with Gasteiger partial charge in [-0.25, -0.2) is 0 Å². The van der Waals surface area contributed by atoms with Gasteiger partial charge in [0.1, 0.15) is 5.75 Å². The third-order valence-electron chi connectivity index (χ3n) is 5.93. The molecule has 0 bridgehead atoms. The molecule has 1 heterocycles. The summed E-state index contributed by atoms with van der Waals surface area (Å²) < 4.78 is 6.13. The molecule has 2 rings (SSSR count). The fourth-order valence-electron chi connectivity index (χ4n) is 4.09. The molecule has 1 saturated heterocycles. The fourth-order valence-corrected chi connectivity index (χ4v) is 4.09. The average Bonchev–Trinajstić information content (AvgIpc) is 2.85. The van der Waals surface area contributed by atoms with Gasteiger partial charge in [-0.3, -0.25) is 0 Å². The van der Waals surface area contributed by atoms with E-state index in [4.69, 9.17) is 10.5 Å². The SMILES string of the molecule is Cc1ccc(OCCCCCCCCN2CCCC(N)CC2)c(C(C)(C)C)c1. The Bertz CT molecular complexity index is 564. The molecule has 1 fully saturated rings. The highest BCUT2D eigenvalue weighted by Crippen LogP contribution is 2.32. The largest absolute Gasteiger partial charge is 0.493 e. The molecule has 1 atom stereocenters. The lowest BCUT2D eigenvalue weighted by molar-refractivity contribution is 0.275. The zero-order chi connectivity index (χ0) is 20.4. The number of benzene rings is 1. The van der Waals surface area contributed by atoms with E-state index in [9.17, 15) is 0 Å². The van der Waals surface area contributed by atoms with Crippen LogP contribution in [0.15, 0.2) is 18.2 Å². The lowest BCUT2D eigenvalue weighted by atomic mass is 9.85. The summed E-state index contributed by atoms with van der Waals surface area (Å²) in [5, 5.41) is 0. The van der Waals surface area contributed by atoms with Crippen molar-refractivity contribution in [1.29, 1.82) is 0 Å². The first-order chi connectivity index (χ1) is 13.4. The monoisotopic (exact) mass is 388 g/mol. The molecule has 0 spiro atoms. The smallest absolute Gasteiger partial charge is 0.123 e. The van der Waals surface area contributed by atoms with E-state index >= 15 is 0 Å². The van der Waals surface area contributed by atoms with Crippen molar-refractivity contribution in [3.05, 3.63) is 29.3 Å². The van der Waals surface area contributed by atoms with Crippen LogP contribution in [0.2, 0.25) is 0 Å². The molecule has 0 saturated carbocycles. The summed E-state index contributed by atoms with van der Waals surface area (Å²) in [6, 6.07) is 7.01. The zero-order valence-corrected chi connectivity index (χ0v) is 18.9. The quantitative estimate of drug-likeness (QED) is 0.513. The second-order valence-corrected chi connectivity index (χ2v) is 9.75. The van der Waals surface area contributed by atoms with Gasteiger partial charge in [0.05, 0.1) is 6.61 Å². The maximum atomic E-state index is 6.13. The summed E-state index contributed by atoms with van der Waals surface area (Å²) in [6.07, 6.45) is 11.5. The van der Waals surface area contributed by atoms with Gasteiger partial charge in [-0.05, 0) is 75.7 Å². The lowest BCUT2D eigenvalue weighted by Crippen LogP contribution is -2.27. The number of aryl methyl sites for hydroxylation is 1. The molecule has 0 radical (unpaired) electrons. The molecule has 3 heteroatoms. The first kappa shape index (κ1) is 23.2. The van der Waals surface area contributed by atoms with Crippen molar-refractivity contribution in [2.75, 3.05) is 26.2 Å². The first-order valence-corrected chi connectivity index (χ1v) is 11.6. The molecule has 0 aromatic heterocycles. The van der Waals surface area contributed by atoms with Crippen LogP contribution in [-0.2, 0) is 5.41 Å². The molecular formula is C25H44N2O. The maximum Gasteiger partial charge on any atom is 0.123 e. The van der Waals surface area contributed by atoms with Crippen LogP contribution in [0.25, 0.3) is 0 Å². The molecule has 1 unspecified atom stereocenters. The van der Waals surface area contributed by atoms with Gasteiger partial charge >= 0.3 is 0 Å². The molecule has 28 heavy (non-hydrogen) atoms. The van der Waals surface area contributed by atoms with Crippen molar-refractivity contribution in [3.8, 4) is 5.75 Å². The van der Waals surface area contributed by atoms with Crippen LogP contribution >= 0.6 is 0 Å². The Labute approximate surface area is 174 Å². The number of rotatable bonds is 10. The topological polar surface area (TPSA) is 38.5 Å². The Morgan fingerprint density at radius 3 is 2.46 bits per heavy atom. The van der Waals surface area contributed by atoms with E-state index in [0.717, 1.165) is 18.8 Å². The van der Waals surface area contributed by atoms with Crippen molar-refractivity contribution in [2.24, 2.45) is 5.73 Å². The van der Waals surface area contributed by atoms with Gasteiger partial charge in [-0.2, -0.15) is 0 Å². The zero-order valence-electron chi connectivity index (χ0n) is 18.9. The molecule has 1 aromatic rings. The lowest BCUT2D eigenvalue weighted by Gasteiger charge is -2.23. The number of nitrogens with zero attached hydrogens (tertiary/aromatic N) is 1. The van der Waals surface area contributed by atoms with Crippen molar-refractivity contribution >= 4 is 0 Å². The Kier molecular flexibility index (Phi) is 9.81. The minimum Gasteiger partial charge on any atom is -0.493 e. The van der Waals surface area contributed by atoms with Crippen LogP contribution in [0.4, 0.5) is 0 Å². The summed E-state index contributed by atoms with van der Waals surface area (Å²) in [6.45, 7) is 13.5. The molecule has 3 nitrogen and oxygen atoms in total. The maximum absolute atomic E-state index is 6.13. The minimum absolute atomic E-state index is 0.125. The first-order valence-electron chi connectivity index (χ1n) is 11.6. The molecule has 0 aliphatic carbocycles. The van der Waals surface area contributed by atoms with Crippen LogP contribution in [0.1, 0.15) is 89.7 Å². The molecular weight excluding hydrogens is 344 g/mol. The highest BCUT2D eigenvalue weighted by Gasteiger charge is 2.19. The van der Waals surface area contributed by atoms with Gasteiger partial charge in [0.2, 0.25) is 0 Å². The summed E-state index contributed by atoms with van der Waals surface area (Å²) in [4.78, 5) is 2.62. The van der Waals surface area contributed by atoms with E-state index in [1.54, 1.807) is 0 Å². The van der Waals surface area contributed by atoms with Crippen LogP contribution in [0, 0.1) is 6.92 Å². The van der Waals surface area contributed by atoms with E-state index in [1.165, 1.54) is 82.1 Å². The Morgan fingerprint density at radius 2 is 1.71 bits per heavy atom. The van der Waals surface area contributed by atoms with E-state index in [0.29, 0.717) is 6.04 Å². The number of unbranched alkanes of at least 4 members (excludes halogenated alkanes) is 5. The predicted molar refractivity (Wildman–Crippen MR) is 121 cm³/mol. The van der Waals surface area contributed by atoms with Crippen LogP contribution in [0.3, 0.4) is 0 Å². The van der Waals surface area contributed by atoms with E-state index in [2.05, 4.69) is 50.8 Å². The number of likely N-dealkylation sites (tertiary alicyclic amines) is 1. The Morgan fingerprint density at radius 1 is 1.00 bits per heavy atom. The summed E-state index contributed by atoms with van der Waals surface area (Å²) in [5.74, 6) is 1.07. The highest BCUT2D eigenvalue weighted by molar-refractivity contribution is 5.41. The Hall–Kier alpha value is -1.06. The fraction of sp³-hybridized carbons (Fsp3) is 0.760. The predicted octanol–water partition coefficient (Wildman–Crippen LogP) is 5.83. The van der Waals surface area contributed by atoms with Crippen molar-refractivity contribution < 1.29 is 4.74 Å². The third kappa shape index (κ3) is 8.53. The van der Waals surface area contributed by atoms with Crippen LogP contribution in [-0.4, -0.2) is 37.2 Å². The van der Waals surface area contributed by atoms with Gasteiger partial charge in [0.15, 0.2) is 0 Å². The number of hydrogen-bond donors (Lipinski definition) is 1. The van der Waals surface area contributed by atoms with Gasteiger partial charge in [0, 0.05) is 6.04 Å². The molecule has 2 N–H and O–H groups in total. The molecule has 1 aliphatic rings. The van der Waals surface area contributed by atoms with Gasteiger partial charge in [-0.1, -0.05) is 64.2 Å². The van der Waals surface area contributed by atoms with Gasteiger partial charge in [0.25, 0.3) is 0 Å². The number of hydrogen-bond acceptors (Lipinski definition) is 3.